The summed E-state index contributed by atoms with van der Waals surface area (Å²) in [6, 6.07) is 5.22. The van der Waals surface area contributed by atoms with Gasteiger partial charge in [0.05, 0.1) is 0 Å². The second-order valence-electron chi connectivity index (χ2n) is 3.58. The van der Waals surface area contributed by atoms with Crippen molar-refractivity contribution in [2.24, 2.45) is 0 Å². The van der Waals surface area contributed by atoms with Crippen molar-refractivity contribution < 1.29 is 23.5 Å². The van der Waals surface area contributed by atoms with Gasteiger partial charge in [0.1, 0.15) is 12.2 Å². The van der Waals surface area contributed by atoms with E-state index in [0.717, 1.165) is 0 Å². The third-order valence-electron chi connectivity index (χ3n) is 2.27. The molecule has 1 heterocycles. The molecule has 0 amide bonds. The summed E-state index contributed by atoms with van der Waals surface area (Å²) in [5.74, 6) is -3.17. The van der Waals surface area contributed by atoms with Crippen molar-refractivity contribution in [3.8, 4) is 0 Å². The summed E-state index contributed by atoms with van der Waals surface area (Å²) in [5.41, 5.74) is 0.412. The normalized spacial score (nSPS) is 18.9. The van der Waals surface area contributed by atoms with Gasteiger partial charge in [0, 0.05) is 12.5 Å². The van der Waals surface area contributed by atoms with Gasteiger partial charge in [-0.15, -0.1) is 0 Å². The Bertz CT molecular complexity index is 422. The molecule has 1 aliphatic rings. The van der Waals surface area contributed by atoms with Crippen molar-refractivity contribution in [1.29, 1.82) is 0 Å². The standard InChI is InChI=1S/C11H9FO4/c1-11(7-2-4-8(12)5-3-7)15-9(13)6-10(14)16-11/h2-5H,6H2,1H3. The minimum Gasteiger partial charge on any atom is -0.418 e. The number of hydrogen-bond acceptors (Lipinski definition) is 4. The molecule has 4 nitrogen and oxygen atoms in total. The van der Waals surface area contributed by atoms with Crippen molar-refractivity contribution in [2.45, 2.75) is 19.1 Å². The predicted molar refractivity (Wildman–Crippen MR) is 50.6 cm³/mol. The Morgan fingerprint density at radius 3 is 2.12 bits per heavy atom. The summed E-state index contributed by atoms with van der Waals surface area (Å²) in [5, 5.41) is 0. The third kappa shape index (κ3) is 1.88. The van der Waals surface area contributed by atoms with E-state index in [9.17, 15) is 14.0 Å². The van der Waals surface area contributed by atoms with Crippen LogP contribution in [0.2, 0.25) is 0 Å². The molecule has 0 atom stereocenters. The van der Waals surface area contributed by atoms with E-state index in [0.29, 0.717) is 5.56 Å². The lowest BCUT2D eigenvalue weighted by Crippen LogP contribution is -2.40. The number of benzene rings is 1. The molecule has 1 fully saturated rings. The first-order valence-corrected chi connectivity index (χ1v) is 4.69. The molecule has 0 saturated carbocycles. The van der Waals surface area contributed by atoms with Crippen molar-refractivity contribution >= 4 is 11.9 Å². The number of esters is 2. The lowest BCUT2D eigenvalue weighted by atomic mass is 10.1. The molecule has 1 aromatic carbocycles. The molecule has 0 spiro atoms. The summed E-state index contributed by atoms with van der Waals surface area (Å²) in [7, 11) is 0. The van der Waals surface area contributed by atoms with Crippen LogP contribution in [0.3, 0.4) is 0 Å². The van der Waals surface area contributed by atoms with Crippen LogP contribution in [-0.2, 0) is 24.8 Å². The van der Waals surface area contributed by atoms with Gasteiger partial charge in [-0.25, -0.2) is 4.39 Å². The number of rotatable bonds is 1. The highest BCUT2D eigenvalue weighted by molar-refractivity contribution is 5.93. The van der Waals surface area contributed by atoms with Gasteiger partial charge >= 0.3 is 11.9 Å². The summed E-state index contributed by atoms with van der Waals surface area (Å²) in [6.45, 7) is 1.44. The van der Waals surface area contributed by atoms with Crippen LogP contribution in [0.15, 0.2) is 24.3 Å². The molecule has 84 valence electrons. The lowest BCUT2D eigenvalue weighted by molar-refractivity contribution is -0.242. The Hall–Kier alpha value is -1.91. The van der Waals surface area contributed by atoms with Crippen LogP contribution in [0.1, 0.15) is 18.9 Å². The lowest BCUT2D eigenvalue weighted by Gasteiger charge is -2.32. The molecule has 0 aromatic heterocycles. The average Bonchev–Trinajstić information content (AvgIpc) is 2.16. The van der Waals surface area contributed by atoms with Crippen LogP contribution in [0.25, 0.3) is 0 Å². The van der Waals surface area contributed by atoms with Gasteiger partial charge in [-0.3, -0.25) is 9.59 Å². The Morgan fingerprint density at radius 1 is 1.12 bits per heavy atom. The highest BCUT2D eigenvalue weighted by atomic mass is 19.1. The molecule has 0 bridgehead atoms. The second kappa shape index (κ2) is 3.59. The number of carbonyl (C=O) groups is 2. The number of ether oxygens (including phenoxy) is 2. The largest absolute Gasteiger partial charge is 0.418 e. The highest BCUT2D eigenvalue weighted by Gasteiger charge is 2.40. The first kappa shape index (κ1) is 10.6. The number of carbonyl (C=O) groups excluding carboxylic acids is 2. The molecule has 1 aromatic rings. The zero-order chi connectivity index (χ0) is 11.8. The van der Waals surface area contributed by atoms with E-state index in [1.54, 1.807) is 0 Å². The Morgan fingerprint density at radius 2 is 1.62 bits per heavy atom. The third-order valence-corrected chi connectivity index (χ3v) is 2.27. The van der Waals surface area contributed by atoms with E-state index in [-0.39, 0.29) is 0 Å². The molecule has 0 radical (unpaired) electrons. The average molecular weight is 224 g/mol. The number of hydrogen-bond donors (Lipinski definition) is 0. The molecular weight excluding hydrogens is 215 g/mol. The first-order chi connectivity index (χ1) is 7.49. The topological polar surface area (TPSA) is 52.6 Å². The first-order valence-electron chi connectivity index (χ1n) is 4.69. The molecule has 2 rings (SSSR count). The van der Waals surface area contributed by atoms with Crippen LogP contribution in [-0.4, -0.2) is 11.9 Å². The minimum atomic E-state index is -1.46. The van der Waals surface area contributed by atoms with E-state index >= 15 is 0 Å². The summed E-state index contributed by atoms with van der Waals surface area (Å²) in [4.78, 5) is 22.3. The van der Waals surface area contributed by atoms with Gasteiger partial charge in [0.15, 0.2) is 0 Å². The van der Waals surface area contributed by atoms with Crippen LogP contribution in [0.5, 0.6) is 0 Å². The maximum absolute atomic E-state index is 12.7. The molecule has 0 unspecified atom stereocenters. The van der Waals surface area contributed by atoms with Crippen molar-refractivity contribution in [3.05, 3.63) is 35.6 Å². The van der Waals surface area contributed by atoms with Crippen LogP contribution < -0.4 is 0 Å². The molecule has 1 aliphatic heterocycles. The Labute approximate surface area is 91.0 Å². The molecule has 0 aliphatic carbocycles. The Balaban J connectivity index is 2.33. The van der Waals surface area contributed by atoms with E-state index in [1.807, 2.05) is 0 Å². The summed E-state index contributed by atoms with van der Waals surface area (Å²) >= 11 is 0. The van der Waals surface area contributed by atoms with Crippen LogP contribution >= 0.6 is 0 Å². The van der Waals surface area contributed by atoms with Gasteiger partial charge < -0.3 is 9.47 Å². The zero-order valence-corrected chi connectivity index (χ0v) is 8.53. The second-order valence-corrected chi connectivity index (χ2v) is 3.58. The maximum Gasteiger partial charge on any atom is 0.320 e. The molecule has 1 saturated heterocycles. The number of halogens is 1. The molecular formula is C11H9FO4. The van der Waals surface area contributed by atoms with Gasteiger partial charge in [0.25, 0.3) is 5.79 Å². The van der Waals surface area contributed by atoms with E-state index in [4.69, 9.17) is 9.47 Å². The monoisotopic (exact) mass is 224 g/mol. The fourth-order valence-electron chi connectivity index (χ4n) is 1.52. The minimum absolute atomic E-state index is 0.392. The van der Waals surface area contributed by atoms with Gasteiger partial charge in [-0.1, -0.05) is 0 Å². The quantitative estimate of drug-likeness (QED) is 0.535. The van der Waals surface area contributed by atoms with Gasteiger partial charge in [-0.05, 0) is 24.3 Å². The van der Waals surface area contributed by atoms with Crippen LogP contribution in [0, 0.1) is 5.82 Å². The fraction of sp³-hybridized carbons (Fsp3) is 0.273. The number of cyclic esters (lactones) is 2. The molecule has 16 heavy (non-hydrogen) atoms. The van der Waals surface area contributed by atoms with Crippen molar-refractivity contribution in [2.75, 3.05) is 0 Å². The smallest absolute Gasteiger partial charge is 0.320 e. The van der Waals surface area contributed by atoms with E-state index < -0.39 is 30.0 Å². The predicted octanol–water partition coefficient (Wildman–Crippen LogP) is 1.49. The van der Waals surface area contributed by atoms with E-state index in [1.165, 1.54) is 31.2 Å². The SMILES string of the molecule is CC1(c2ccc(F)cc2)OC(=O)CC(=O)O1. The summed E-state index contributed by atoms with van der Waals surface area (Å²) in [6.07, 6.45) is -0.392. The Kier molecular flexibility index (Phi) is 2.38. The maximum atomic E-state index is 12.7. The van der Waals surface area contributed by atoms with E-state index in [2.05, 4.69) is 0 Å². The van der Waals surface area contributed by atoms with Crippen molar-refractivity contribution in [1.82, 2.24) is 0 Å². The van der Waals surface area contributed by atoms with Crippen LogP contribution in [0.4, 0.5) is 4.39 Å². The molecule has 5 heteroatoms. The fourth-order valence-corrected chi connectivity index (χ4v) is 1.52. The summed E-state index contributed by atoms with van der Waals surface area (Å²) < 4.78 is 22.6. The van der Waals surface area contributed by atoms with Crippen molar-refractivity contribution in [3.63, 3.8) is 0 Å². The zero-order valence-electron chi connectivity index (χ0n) is 8.53. The van der Waals surface area contributed by atoms with Gasteiger partial charge in [-0.2, -0.15) is 0 Å². The molecule has 0 N–H and O–H groups in total. The highest BCUT2D eigenvalue weighted by Crippen LogP contribution is 2.31. The van der Waals surface area contributed by atoms with Gasteiger partial charge in [0.2, 0.25) is 0 Å².